The van der Waals surface area contributed by atoms with Crippen LogP contribution in [0.4, 0.5) is 4.39 Å². The van der Waals surface area contributed by atoms with Gasteiger partial charge in [-0.15, -0.1) is 12.6 Å². The van der Waals surface area contributed by atoms with Gasteiger partial charge in [0.15, 0.2) is 0 Å². The lowest BCUT2D eigenvalue weighted by Crippen LogP contribution is -2.36. The van der Waals surface area contributed by atoms with Crippen LogP contribution in [0.1, 0.15) is 36.6 Å². The van der Waals surface area contributed by atoms with Crippen LogP contribution < -0.4 is 5.56 Å². The molecule has 3 nitrogen and oxygen atoms in total. The number of nitrogens with zero attached hydrogens (tertiary/aromatic N) is 1. The smallest absolute Gasteiger partial charge is 0.251 e. The molecule has 1 aliphatic heterocycles. The SMILES string of the molecule is CCc1cc(/C(S)=C/C=C/CN2CCCC(F)C2)c(C)[nH]c1=O. The van der Waals surface area contributed by atoms with Crippen LogP contribution in [0.2, 0.25) is 0 Å². The summed E-state index contributed by atoms with van der Waals surface area (Å²) in [5.41, 5.74) is 2.49. The number of aryl methyl sites for hydroxylation is 2. The van der Waals surface area contributed by atoms with E-state index >= 15 is 0 Å². The van der Waals surface area contributed by atoms with Crippen molar-refractivity contribution in [3.63, 3.8) is 0 Å². The lowest BCUT2D eigenvalue weighted by atomic mass is 10.1. The summed E-state index contributed by atoms with van der Waals surface area (Å²) in [5.74, 6) is 0. The van der Waals surface area contributed by atoms with E-state index in [9.17, 15) is 9.18 Å². The van der Waals surface area contributed by atoms with Crippen molar-refractivity contribution in [3.8, 4) is 0 Å². The number of hydrogen-bond donors (Lipinski definition) is 2. The number of piperidine rings is 1. The Kier molecular flexibility index (Phi) is 6.66. The van der Waals surface area contributed by atoms with Crippen LogP contribution >= 0.6 is 12.6 Å². The summed E-state index contributed by atoms with van der Waals surface area (Å²) in [5, 5.41) is 0. The van der Waals surface area contributed by atoms with Crippen molar-refractivity contribution in [2.45, 2.75) is 39.3 Å². The molecule has 1 aromatic rings. The number of H-pyrrole nitrogens is 1. The molecule has 0 bridgehead atoms. The molecule has 0 aromatic carbocycles. The minimum atomic E-state index is -0.690. The molecule has 1 saturated heterocycles. The van der Waals surface area contributed by atoms with E-state index in [4.69, 9.17) is 0 Å². The number of aromatic nitrogens is 1. The van der Waals surface area contributed by atoms with Crippen molar-refractivity contribution in [2.24, 2.45) is 0 Å². The van der Waals surface area contributed by atoms with E-state index in [1.807, 2.05) is 38.1 Å². The maximum atomic E-state index is 13.3. The van der Waals surface area contributed by atoms with Gasteiger partial charge >= 0.3 is 0 Å². The lowest BCUT2D eigenvalue weighted by molar-refractivity contribution is 0.150. The lowest BCUT2D eigenvalue weighted by Gasteiger charge is -2.27. The van der Waals surface area contributed by atoms with Crippen molar-refractivity contribution >= 4 is 17.5 Å². The van der Waals surface area contributed by atoms with Crippen molar-refractivity contribution < 1.29 is 4.39 Å². The third-order valence-electron chi connectivity index (χ3n) is 4.17. The molecule has 0 spiro atoms. The van der Waals surface area contributed by atoms with Crippen LogP contribution in [0.15, 0.2) is 29.1 Å². The molecule has 23 heavy (non-hydrogen) atoms. The van der Waals surface area contributed by atoms with E-state index in [2.05, 4.69) is 22.5 Å². The predicted molar refractivity (Wildman–Crippen MR) is 97.9 cm³/mol. The first-order valence-electron chi connectivity index (χ1n) is 8.16. The van der Waals surface area contributed by atoms with E-state index in [0.717, 1.165) is 41.2 Å². The van der Waals surface area contributed by atoms with Crippen molar-refractivity contribution in [1.82, 2.24) is 9.88 Å². The summed E-state index contributed by atoms with van der Waals surface area (Å²) in [6.45, 7) is 6.08. The standard InChI is InChI=1S/C18H25FN2OS/c1-3-14-11-16(13(2)20-18(14)22)17(23)8-4-5-9-21-10-6-7-15(19)12-21/h4-5,8,11,15,23H,3,6-7,9-10,12H2,1-2H3,(H,20,22)/b5-4+,17-8-. The summed E-state index contributed by atoms with van der Waals surface area (Å²) in [6.07, 6.45) is 7.50. The van der Waals surface area contributed by atoms with Crippen LogP contribution in [0.25, 0.3) is 4.91 Å². The zero-order valence-electron chi connectivity index (χ0n) is 13.8. The fraction of sp³-hybridized carbons (Fsp3) is 0.500. The molecular formula is C18H25FN2OS. The Morgan fingerprint density at radius 1 is 1.57 bits per heavy atom. The Labute approximate surface area is 142 Å². The molecule has 1 unspecified atom stereocenters. The molecule has 2 rings (SSSR count). The third kappa shape index (κ3) is 5.08. The molecule has 1 fully saturated rings. The van der Waals surface area contributed by atoms with Crippen LogP contribution in [0.5, 0.6) is 0 Å². The second kappa shape index (κ2) is 8.50. The monoisotopic (exact) mass is 336 g/mol. The van der Waals surface area contributed by atoms with Gasteiger partial charge in [-0.2, -0.15) is 0 Å². The zero-order chi connectivity index (χ0) is 16.8. The number of likely N-dealkylation sites (tertiary alicyclic amines) is 1. The number of pyridine rings is 1. The van der Waals surface area contributed by atoms with Gasteiger partial charge in [0, 0.05) is 34.8 Å². The Balaban J connectivity index is 2.02. The minimum Gasteiger partial charge on any atom is -0.326 e. The van der Waals surface area contributed by atoms with Crippen LogP contribution in [-0.2, 0) is 6.42 Å². The molecule has 0 saturated carbocycles. The maximum absolute atomic E-state index is 13.3. The fourth-order valence-corrected chi connectivity index (χ4v) is 3.14. The number of nitrogens with one attached hydrogen (secondary N) is 1. The summed E-state index contributed by atoms with van der Waals surface area (Å²) in [7, 11) is 0. The topological polar surface area (TPSA) is 36.1 Å². The summed E-state index contributed by atoms with van der Waals surface area (Å²) < 4.78 is 13.3. The number of aromatic amines is 1. The van der Waals surface area contributed by atoms with Gasteiger partial charge in [-0.25, -0.2) is 4.39 Å². The predicted octanol–water partition coefficient (Wildman–Crippen LogP) is 3.51. The molecular weight excluding hydrogens is 311 g/mol. The summed E-state index contributed by atoms with van der Waals surface area (Å²) >= 11 is 4.54. The second-order valence-corrected chi connectivity index (χ2v) is 6.48. The van der Waals surface area contributed by atoms with Gasteiger partial charge in [-0.05, 0) is 44.9 Å². The van der Waals surface area contributed by atoms with E-state index in [-0.39, 0.29) is 5.56 Å². The Bertz CT molecular complexity index is 651. The van der Waals surface area contributed by atoms with Crippen LogP contribution in [-0.4, -0.2) is 35.7 Å². The molecule has 2 heterocycles. The average Bonchev–Trinajstić information content (AvgIpc) is 2.51. The Morgan fingerprint density at radius 2 is 2.35 bits per heavy atom. The molecule has 1 aliphatic rings. The largest absolute Gasteiger partial charge is 0.326 e. The Hall–Kier alpha value is -1.33. The van der Waals surface area contributed by atoms with Gasteiger partial charge in [0.2, 0.25) is 0 Å². The highest BCUT2D eigenvalue weighted by molar-refractivity contribution is 7.90. The van der Waals surface area contributed by atoms with Crippen molar-refractivity contribution in [2.75, 3.05) is 19.6 Å². The fourth-order valence-electron chi connectivity index (χ4n) is 2.82. The molecule has 1 aromatic heterocycles. The number of halogens is 1. The number of rotatable bonds is 5. The van der Waals surface area contributed by atoms with Crippen molar-refractivity contribution in [1.29, 1.82) is 0 Å². The Morgan fingerprint density at radius 3 is 3.04 bits per heavy atom. The molecule has 0 aliphatic carbocycles. The zero-order valence-corrected chi connectivity index (χ0v) is 14.7. The molecule has 1 N–H and O–H groups in total. The quantitative estimate of drug-likeness (QED) is 0.638. The van der Waals surface area contributed by atoms with Gasteiger partial charge in [0.25, 0.3) is 5.56 Å². The van der Waals surface area contributed by atoms with E-state index < -0.39 is 6.17 Å². The third-order valence-corrected chi connectivity index (χ3v) is 4.56. The molecule has 1 atom stereocenters. The number of allylic oxidation sites excluding steroid dienone is 2. The molecule has 0 amide bonds. The number of alkyl halides is 1. The highest BCUT2D eigenvalue weighted by atomic mass is 32.1. The maximum Gasteiger partial charge on any atom is 0.251 e. The van der Waals surface area contributed by atoms with E-state index in [1.165, 1.54) is 0 Å². The van der Waals surface area contributed by atoms with Gasteiger partial charge in [0.1, 0.15) is 6.17 Å². The van der Waals surface area contributed by atoms with Gasteiger partial charge in [0.05, 0.1) is 0 Å². The molecule has 126 valence electrons. The minimum absolute atomic E-state index is 0.0312. The summed E-state index contributed by atoms with van der Waals surface area (Å²) in [6, 6.07) is 1.90. The van der Waals surface area contributed by atoms with Crippen molar-refractivity contribution in [3.05, 3.63) is 51.5 Å². The highest BCUT2D eigenvalue weighted by Gasteiger charge is 2.17. The highest BCUT2D eigenvalue weighted by Crippen LogP contribution is 2.21. The van der Waals surface area contributed by atoms with Crippen LogP contribution in [0.3, 0.4) is 0 Å². The van der Waals surface area contributed by atoms with E-state index in [0.29, 0.717) is 19.4 Å². The van der Waals surface area contributed by atoms with Crippen LogP contribution in [0, 0.1) is 6.92 Å². The van der Waals surface area contributed by atoms with Gasteiger partial charge in [-0.3, -0.25) is 9.69 Å². The first kappa shape index (κ1) is 18.0. The average molecular weight is 336 g/mol. The van der Waals surface area contributed by atoms with Gasteiger partial charge < -0.3 is 4.98 Å². The second-order valence-electron chi connectivity index (χ2n) is 6.00. The number of thiol groups is 1. The van der Waals surface area contributed by atoms with E-state index in [1.54, 1.807) is 0 Å². The first-order valence-corrected chi connectivity index (χ1v) is 8.61. The molecule has 5 heteroatoms. The number of hydrogen-bond acceptors (Lipinski definition) is 3. The summed E-state index contributed by atoms with van der Waals surface area (Å²) in [4.78, 5) is 17.6. The first-order chi connectivity index (χ1) is 11.0. The van der Waals surface area contributed by atoms with Gasteiger partial charge in [-0.1, -0.05) is 19.1 Å². The normalized spacial score (nSPS) is 20.3. The molecule has 0 radical (unpaired) electrons.